The summed E-state index contributed by atoms with van der Waals surface area (Å²) in [5.41, 5.74) is 7.47. The number of aryl methyl sites for hydroxylation is 1. The summed E-state index contributed by atoms with van der Waals surface area (Å²) in [6.45, 7) is 6.64. The molecule has 1 aliphatic rings. The van der Waals surface area contributed by atoms with Crippen LogP contribution in [0.4, 0.5) is 0 Å². The van der Waals surface area contributed by atoms with Crippen LogP contribution in [-0.2, 0) is 9.59 Å². The standard InChI is InChI=1S/C18H26N2O2/c1-13-4-6-15(7-5-13)16-8-10-20(11-9-16)17(22)12-18(3,19)14(2)21/h4-7,16H,8-12,19H2,1-3H3. The highest BCUT2D eigenvalue weighted by Gasteiger charge is 2.31. The van der Waals surface area contributed by atoms with Crippen LogP contribution >= 0.6 is 0 Å². The first-order chi connectivity index (χ1) is 10.3. The molecule has 120 valence electrons. The summed E-state index contributed by atoms with van der Waals surface area (Å²) in [6, 6.07) is 8.65. The topological polar surface area (TPSA) is 63.4 Å². The van der Waals surface area contributed by atoms with Crippen molar-refractivity contribution in [1.29, 1.82) is 0 Å². The summed E-state index contributed by atoms with van der Waals surface area (Å²) < 4.78 is 0. The van der Waals surface area contributed by atoms with Crippen LogP contribution in [0.2, 0.25) is 0 Å². The van der Waals surface area contributed by atoms with Crippen molar-refractivity contribution in [2.75, 3.05) is 13.1 Å². The molecule has 4 nitrogen and oxygen atoms in total. The maximum Gasteiger partial charge on any atom is 0.224 e. The van der Waals surface area contributed by atoms with E-state index in [4.69, 9.17) is 5.73 Å². The minimum absolute atomic E-state index is 0.0115. The number of hydrogen-bond donors (Lipinski definition) is 1. The number of nitrogens with zero attached hydrogens (tertiary/aromatic N) is 1. The van der Waals surface area contributed by atoms with E-state index in [-0.39, 0.29) is 18.1 Å². The predicted molar refractivity (Wildman–Crippen MR) is 87.6 cm³/mol. The molecule has 22 heavy (non-hydrogen) atoms. The molecule has 0 aromatic heterocycles. The smallest absolute Gasteiger partial charge is 0.224 e. The number of carbonyl (C=O) groups is 2. The third-order valence-electron chi connectivity index (χ3n) is 4.72. The van der Waals surface area contributed by atoms with Gasteiger partial charge in [0.15, 0.2) is 0 Å². The number of hydrogen-bond acceptors (Lipinski definition) is 3. The van der Waals surface area contributed by atoms with E-state index >= 15 is 0 Å². The fraction of sp³-hybridized carbons (Fsp3) is 0.556. The number of benzene rings is 1. The van der Waals surface area contributed by atoms with Gasteiger partial charge < -0.3 is 10.6 Å². The number of nitrogens with two attached hydrogens (primary N) is 1. The summed E-state index contributed by atoms with van der Waals surface area (Å²) in [7, 11) is 0. The van der Waals surface area contributed by atoms with Crippen LogP contribution in [0.3, 0.4) is 0 Å². The second-order valence-electron chi connectivity index (χ2n) is 6.72. The zero-order valence-electron chi connectivity index (χ0n) is 13.8. The molecule has 0 saturated carbocycles. The molecule has 0 spiro atoms. The highest BCUT2D eigenvalue weighted by atomic mass is 16.2. The van der Waals surface area contributed by atoms with Gasteiger partial charge in [-0.3, -0.25) is 9.59 Å². The van der Waals surface area contributed by atoms with Gasteiger partial charge in [-0.2, -0.15) is 0 Å². The van der Waals surface area contributed by atoms with E-state index in [9.17, 15) is 9.59 Å². The molecule has 1 amide bonds. The largest absolute Gasteiger partial charge is 0.343 e. The van der Waals surface area contributed by atoms with Crippen LogP contribution in [0.1, 0.15) is 50.2 Å². The molecule has 0 radical (unpaired) electrons. The third-order valence-corrected chi connectivity index (χ3v) is 4.72. The normalized spacial score (nSPS) is 18.8. The van der Waals surface area contributed by atoms with Crippen molar-refractivity contribution >= 4 is 11.7 Å². The van der Waals surface area contributed by atoms with Gasteiger partial charge in [0, 0.05) is 13.1 Å². The molecule has 2 N–H and O–H groups in total. The maximum atomic E-state index is 12.3. The van der Waals surface area contributed by atoms with Crippen LogP contribution in [0.5, 0.6) is 0 Å². The van der Waals surface area contributed by atoms with Gasteiger partial charge in [-0.1, -0.05) is 29.8 Å². The predicted octanol–water partition coefficient (Wildman–Crippen LogP) is 2.40. The first kappa shape index (κ1) is 16.7. The molecular formula is C18H26N2O2. The number of amides is 1. The van der Waals surface area contributed by atoms with Crippen LogP contribution in [0.15, 0.2) is 24.3 Å². The molecule has 1 heterocycles. The minimum atomic E-state index is -1.05. The molecule has 1 unspecified atom stereocenters. The molecule has 0 aliphatic carbocycles. The van der Waals surface area contributed by atoms with Crippen molar-refractivity contribution in [1.82, 2.24) is 4.90 Å². The van der Waals surface area contributed by atoms with Gasteiger partial charge in [-0.15, -0.1) is 0 Å². The zero-order chi connectivity index (χ0) is 16.3. The Morgan fingerprint density at radius 3 is 2.27 bits per heavy atom. The summed E-state index contributed by atoms with van der Waals surface area (Å²) in [6.07, 6.45) is 2.03. The Bertz CT molecular complexity index is 541. The summed E-state index contributed by atoms with van der Waals surface area (Å²) in [4.78, 5) is 25.6. The van der Waals surface area contributed by atoms with Crippen molar-refractivity contribution in [3.05, 3.63) is 35.4 Å². The van der Waals surface area contributed by atoms with Crippen molar-refractivity contribution in [2.45, 2.75) is 51.5 Å². The molecule has 0 bridgehead atoms. The first-order valence-electron chi connectivity index (χ1n) is 7.94. The average Bonchev–Trinajstić information content (AvgIpc) is 2.47. The van der Waals surface area contributed by atoms with Crippen molar-refractivity contribution in [2.24, 2.45) is 5.73 Å². The molecule has 1 fully saturated rings. The molecular weight excluding hydrogens is 276 g/mol. The second-order valence-corrected chi connectivity index (χ2v) is 6.72. The highest BCUT2D eigenvalue weighted by Crippen LogP contribution is 2.28. The number of ketones is 1. The number of piperidine rings is 1. The van der Waals surface area contributed by atoms with Crippen molar-refractivity contribution in [3.8, 4) is 0 Å². The second kappa shape index (κ2) is 6.61. The quantitative estimate of drug-likeness (QED) is 0.929. The van der Waals surface area contributed by atoms with Gasteiger partial charge in [-0.05, 0) is 45.1 Å². The van der Waals surface area contributed by atoms with Gasteiger partial charge in [0.2, 0.25) is 5.91 Å². The monoisotopic (exact) mass is 302 g/mol. The number of likely N-dealkylation sites (tertiary alicyclic amines) is 1. The Kier molecular flexibility index (Phi) is 5.01. The average molecular weight is 302 g/mol. The summed E-state index contributed by atoms with van der Waals surface area (Å²) >= 11 is 0. The van der Waals surface area contributed by atoms with Crippen molar-refractivity contribution < 1.29 is 9.59 Å². The summed E-state index contributed by atoms with van der Waals surface area (Å²) in [5.74, 6) is 0.361. The van der Waals surface area contributed by atoms with Crippen LogP contribution < -0.4 is 5.73 Å². The highest BCUT2D eigenvalue weighted by molar-refractivity contribution is 5.91. The molecule has 1 saturated heterocycles. The molecule has 4 heteroatoms. The Morgan fingerprint density at radius 2 is 1.77 bits per heavy atom. The van der Waals surface area contributed by atoms with Crippen LogP contribution in [0.25, 0.3) is 0 Å². The van der Waals surface area contributed by atoms with Gasteiger partial charge in [0.25, 0.3) is 0 Å². The molecule has 2 rings (SSSR count). The van der Waals surface area contributed by atoms with E-state index in [1.54, 1.807) is 6.92 Å². The van der Waals surface area contributed by atoms with Crippen molar-refractivity contribution in [3.63, 3.8) is 0 Å². The van der Waals surface area contributed by atoms with Gasteiger partial charge in [0.05, 0.1) is 12.0 Å². The van der Waals surface area contributed by atoms with E-state index in [0.29, 0.717) is 5.92 Å². The molecule has 1 aromatic rings. The van der Waals surface area contributed by atoms with E-state index < -0.39 is 5.54 Å². The number of rotatable bonds is 4. The zero-order valence-corrected chi connectivity index (χ0v) is 13.8. The lowest BCUT2D eigenvalue weighted by Gasteiger charge is -2.34. The molecule has 1 aliphatic heterocycles. The van der Waals surface area contributed by atoms with E-state index in [1.165, 1.54) is 18.1 Å². The fourth-order valence-corrected chi connectivity index (χ4v) is 2.85. The van der Waals surface area contributed by atoms with Gasteiger partial charge in [-0.25, -0.2) is 0 Å². The van der Waals surface area contributed by atoms with E-state index in [1.807, 2.05) is 4.90 Å². The lowest BCUT2D eigenvalue weighted by molar-refractivity contribution is -0.136. The Labute approximate surface area is 132 Å². The maximum absolute atomic E-state index is 12.3. The third kappa shape index (κ3) is 3.95. The SMILES string of the molecule is CC(=O)C(C)(N)CC(=O)N1CCC(c2ccc(C)cc2)CC1. The van der Waals surface area contributed by atoms with Gasteiger partial charge in [0.1, 0.15) is 5.78 Å². The van der Waals surface area contributed by atoms with Gasteiger partial charge >= 0.3 is 0 Å². The first-order valence-corrected chi connectivity index (χ1v) is 7.94. The number of Topliss-reactive ketones (excluding diaryl/α,β-unsaturated/α-hetero) is 1. The van der Waals surface area contributed by atoms with E-state index in [0.717, 1.165) is 25.9 Å². The van der Waals surface area contributed by atoms with Crippen LogP contribution in [-0.4, -0.2) is 35.2 Å². The number of carbonyl (C=O) groups excluding carboxylic acids is 2. The molecule has 1 aromatic carbocycles. The lowest BCUT2D eigenvalue weighted by atomic mass is 9.88. The van der Waals surface area contributed by atoms with Crippen LogP contribution in [0, 0.1) is 6.92 Å². The fourth-order valence-electron chi connectivity index (χ4n) is 2.85. The van der Waals surface area contributed by atoms with E-state index in [2.05, 4.69) is 31.2 Å². The summed E-state index contributed by atoms with van der Waals surface area (Å²) in [5, 5.41) is 0. The Balaban J connectivity index is 1.90. The lowest BCUT2D eigenvalue weighted by Crippen LogP contribution is -2.49. The molecule has 1 atom stereocenters. The Morgan fingerprint density at radius 1 is 1.23 bits per heavy atom. The minimum Gasteiger partial charge on any atom is -0.343 e. The Hall–Kier alpha value is -1.68.